The highest BCUT2D eigenvalue weighted by atomic mass is 35.5. The summed E-state index contributed by atoms with van der Waals surface area (Å²) < 4.78 is 1.66. The minimum absolute atomic E-state index is 0.0530. The molecule has 0 saturated carbocycles. The highest BCUT2D eigenvalue weighted by molar-refractivity contribution is 7.99. The van der Waals surface area contributed by atoms with E-state index < -0.39 is 0 Å². The number of carbonyl (C=O) groups is 1. The SMILES string of the molecule is O=C(CCn1cc(Cl)cn1)Nc1ccccc1Sc1ccccc1. The van der Waals surface area contributed by atoms with Gasteiger partial charge in [0, 0.05) is 29.0 Å². The van der Waals surface area contributed by atoms with E-state index in [-0.39, 0.29) is 5.91 Å². The Bertz CT molecular complexity index is 820. The number of nitrogens with zero attached hydrogens (tertiary/aromatic N) is 2. The van der Waals surface area contributed by atoms with Gasteiger partial charge < -0.3 is 5.32 Å². The van der Waals surface area contributed by atoms with Crippen molar-refractivity contribution in [3.8, 4) is 0 Å². The van der Waals surface area contributed by atoms with Gasteiger partial charge in [-0.05, 0) is 24.3 Å². The molecule has 0 aliphatic heterocycles. The van der Waals surface area contributed by atoms with Gasteiger partial charge in [0.2, 0.25) is 5.91 Å². The van der Waals surface area contributed by atoms with Crippen LogP contribution in [0.1, 0.15) is 6.42 Å². The van der Waals surface area contributed by atoms with Crippen LogP contribution in [-0.4, -0.2) is 15.7 Å². The number of nitrogens with one attached hydrogen (secondary N) is 1. The lowest BCUT2D eigenvalue weighted by Crippen LogP contribution is -2.15. The lowest BCUT2D eigenvalue weighted by molar-refractivity contribution is -0.116. The highest BCUT2D eigenvalue weighted by Gasteiger charge is 2.08. The van der Waals surface area contributed by atoms with Crippen LogP contribution in [0.15, 0.2) is 76.8 Å². The Morgan fingerprint density at radius 1 is 1.12 bits per heavy atom. The van der Waals surface area contributed by atoms with Gasteiger partial charge in [-0.1, -0.05) is 53.7 Å². The van der Waals surface area contributed by atoms with Gasteiger partial charge in [-0.15, -0.1) is 0 Å². The molecule has 122 valence electrons. The lowest BCUT2D eigenvalue weighted by atomic mass is 10.3. The standard InChI is InChI=1S/C18H16ClN3OS/c19-14-12-20-22(13-14)11-10-18(23)21-16-8-4-5-9-17(16)24-15-6-2-1-3-7-15/h1-9,12-13H,10-11H2,(H,21,23). The fourth-order valence-corrected chi connectivity index (χ4v) is 3.24. The first-order valence-corrected chi connectivity index (χ1v) is 8.70. The van der Waals surface area contributed by atoms with Gasteiger partial charge in [0.05, 0.1) is 16.9 Å². The minimum atomic E-state index is -0.0530. The minimum Gasteiger partial charge on any atom is -0.325 e. The topological polar surface area (TPSA) is 46.9 Å². The van der Waals surface area contributed by atoms with E-state index in [1.165, 1.54) is 0 Å². The van der Waals surface area contributed by atoms with Gasteiger partial charge in [-0.25, -0.2) is 0 Å². The molecule has 3 rings (SSSR count). The number of hydrogen-bond acceptors (Lipinski definition) is 3. The first-order valence-electron chi connectivity index (χ1n) is 7.50. The summed E-state index contributed by atoms with van der Waals surface area (Å²) in [5, 5.41) is 7.61. The zero-order valence-electron chi connectivity index (χ0n) is 12.9. The van der Waals surface area contributed by atoms with Crippen LogP contribution in [0.5, 0.6) is 0 Å². The largest absolute Gasteiger partial charge is 0.325 e. The van der Waals surface area contributed by atoms with Crippen molar-refractivity contribution in [1.29, 1.82) is 0 Å². The summed E-state index contributed by atoms with van der Waals surface area (Å²) in [5.74, 6) is -0.0530. The van der Waals surface area contributed by atoms with Crippen molar-refractivity contribution < 1.29 is 4.79 Å². The molecule has 0 spiro atoms. The van der Waals surface area contributed by atoms with Crippen LogP contribution in [0, 0.1) is 0 Å². The molecule has 1 amide bonds. The molecule has 1 N–H and O–H groups in total. The van der Waals surface area contributed by atoms with E-state index in [0.717, 1.165) is 15.5 Å². The van der Waals surface area contributed by atoms with Crippen molar-refractivity contribution in [3.05, 3.63) is 72.0 Å². The molecule has 1 heterocycles. The van der Waals surface area contributed by atoms with E-state index in [1.807, 2.05) is 54.6 Å². The van der Waals surface area contributed by atoms with Gasteiger partial charge in [-0.3, -0.25) is 9.48 Å². The second kappa shape index (κ2) is 8.04. The number of rotatable bonds is 6. The van der Waals surface area contributed by atoms with Crippen LogP contribution in [0.4, 0.5) is 5.69 Å². The molecule has 2 aromatic carbocycles. The van der Waals surface area contributed by atoms with Crippen LogP contribution in [0.2, 0.25) is 5.02 Å². The first-order chi connectivity index (χ1) is 11.7. The predicted molar refractivity (Wildman–Crippen MR) is 97.5 cm³/mol. The van der Waals surface area contributed by atoms with Crippen LogP contribution < -0.4 is 5.32 Å². The summed E-state index contributed by atoms with van der Waals surface area (Å²) >= 11 is 7.44. The molecule has 0 atom stereocenters. The van der Waals surface area contributed by atoms with Gasteiger partial charge >= 0.3 is 0 Å². The van der Waals surface area contributed by atoms with Crippen molar-refractivity contribution in [2.45, 2.75) is 22.8 Å². The second-order valence-corrected chi connectivity index (χ2v) is 6.68. The molecule has 4 nitrogen and oxygen atoms in total. The fraction of sp³-hybridized carbons (Fsp3) is 0.111. The van der Waals surface area contributed by atoms with E-state index >= 15 is 0 Å². The zero-order chi connectivity index (χ0) is 16.8. The maximum atomic E-state index is 12.2. The summed E-state index contributed by atoms with van der Waals surface area (Å²) in [7, 11) is 0. The van der Waals surface area contributed by atoms with E-state index in [0.29, 0.717) is 18.0 Å². The van der Waals surface area contributed by atoms with E-state index in [1.54, 1.807) is 28.8 Å². The summed E-state index contributed by atoms with van der Waals surface area (Å²) in [6.45, 7) is 0.493. The van der Waals surface area contributed by atoms with E-state index in [2.05, 4.69) is 10.4 Å². The van der Waals surface area contributed by atoms with Crippen LogP contribution >= 0.6 is 23.4 Å². The Kier molecular flexibility index (Phi) is 5.56. The van der Waals surface area contributed by atoms with Crippen molar-refractivity contribution in [3.63, 3.8) is 0 Å². The molecular formula is C18H16ClN3OS. The molecule has 24 heavy (non-hydrogen) atoms. The van der Waals surface area contributed by atoms with Crippen molar-refractivity contribution in [1.82, 2.24) is 9.78 Å². The third-order valence-electron chi connectivity index (χ3n) is 3.30. The van der Waals surface area contributed by atoms with Crippen LogP contribution in [-0.2, 0) is 11.3 Å². The first kappa shape index (κ1) is 16.6. The second-order valence-electron chi connectivity index (χ2n) is 5.13. The van der Waals surface area contributed by atoms with Gasteiger partial charge in [0.25, 0.3) is 0 Å². The molecule has 0 radical (unpaired) electrons. The number of hydrogen-bond donors (Lipinski definition) is 1. The van der Waals surface area contributed by atoms with Crippen molar-refractivity contribution >= 4 is 35.0 Å². The molecule has 0 fully saturated rings. The van der Waals surface area contributed by atoms with Gasteiger partial charge in [0.15, 0.2) is 0 Å². The third-order valence-corrected chi connectivity index (χ3v) is 4.58. The maximum Gasteiger partial charge on any atom is 0.226 e. The van der Waals surface area contributed by atoms with Gasteiger partial charge in [-0.2, -0.15) is 5.10 Å². The van der Waals surface area contributed by atoms with E-state index in [9.17, 15) is 4.79 Å². The van der Waals surface area contributed by atoms with Crippen LogP contribution in [0.25, 0.3) is 0 Å². The molecule has 1 aromatic heterocycles. The number of carbonyl (C=O) groups excluding carboxylic acids is 1. The molecular weight excluding hydrogens is 342 g/mol. The summed E-state index contributed by atoms with van der Waals surface area (Å²) in [6, 6.07) is 17.9. The number of halogens is 1. The van der Waals surface area contributed by atoms with Crippen LogP contribution in [0.3, 0.4) is 0 Å². The average Bonchev–Trinajstić information content (AvgIpc) is 3.01. The smallest absolute Gasteiger partial charge is 0.226 e. The molecule has 0 bridgehead atoms. The summed E-state index contributed by atoms with van der Waals surface area (Å²) in [6.07, 6.45) is 3.60. The van der Waals surface area contributed by atoms with Crippen molar-refractivity contribution in [2.75, 3.05) is 5.32 Å². The monoisotopic (exact) mass is 357 g/mol. The lowest BCUT2D eigenvalue weighted by Gasteiger charge is -2.11. The molecule has 0 unspecified atom stereocenters. The number of amides is 1. The number of aryl methyl sites for hydroxylation is 1. The molecule has 6 heteroatoms. The Balaban J connectivity index is 1.63. The number of aromatic nitrogens is 2. The Morgan fingerprint density at radius 3 is 2.62 bits per heavy atom. The summed E-state index contributed by atoms with van der Waals surface area (Å²) in [4.78, 5) is 14.3. The quantitative estimate of drug-likeness (QED) is 0.694. The molecule has 0 aliphatic rings. The zero-order valence-corrected chi connectivity index (χ0v) is 14.4. The Hall–Kier alpha value is -2.24. The highest BCUT2D eigenvalue weighted by Crippen LogP contribution is 2.33. The normalized spacial score (nSPS) is 10.5. The summed E-state index contributed by atoms with van der Waals surface area (Å²) in [5.41, 5.74) is 0.815. The molecule has 0 aliphatic carbocycles. The number of para-hydroxylation sites is 1. The third kappa shape index (κ3) is 4.63. The predicted octanol–water partition coefficient (Wildman–Crippen LogP) is 4.72. The fourth-order valence-electron chi connectivity index (χ4n) is 2.16. The molecule has 3 aromatic rings. The van der Waals surface area contributed by atoms with Crippen molar-refractivity contribution in [2.24, 2.45) is 0 Å². The van der Waals surface area contributed by atoms with Gasteiger partial charge in [0.1, 0.15) is 0 Å². The number of benzene rings is 2. The Labute approximate surface area is 149 Å². The number of anilines is 1. The molecule has 0 saturated heterocycles. The average molecular weight is 358 g/mol. The maximum absolute atomic E-state index is 12.2. The Morgan fingerprint density at radius 2 is 1.88 bits per heavy atom. The van der Waals surface area contributed by atoms with E-state index in [4.69, 9.17) is 11.6 Å².